The van der Waals surface area contributed by atoms with Crippen LogP contribution in [0.15, 0.2) is 24.3 Å². The molecule has 35 heavy (non-hydrogen) atoms. The van der Waals surface area contributed by atoms with Gasteiger partial charge in [0.05, 0.1) is 37.3 Å². The van der Waals surface area contributed by atoms with E-state index in [-0.39, 0.29) is 5.90 Å². The summed E-state index contributed by atoms with van der Waals surface area (Å²) in [6.07, 6.45) is 9.95. The zero-order valence-electron chi connectivity index (χ0n) is 21.1. The number of nitrogens with one attached hydrogen (secondary N) is 1. The summed E-state index contributed by atoms with van der Waals surface area (Å²) in [6.45, 7) is 3.92. The maximum absolute atomic E-state index is 10.5. The topological polar surface area (TPSA) is 123 Å². The molecule has 0 aromatic heterocycles. The Bertz CT molecular complexity index is 1000. The minimum atomic E-state index is -1.86. The van der Waals surface area contributed by atoms with Crippen LogP contribution in [0, 0.1) is 50.2 Å². The number of benzene rings is 1. The lowest BCUT2D eigenvalue weighted by molar-refractivity contribution is -0.251. The van der Waals surface area contributed by atoms with Crippen molar-refractivity contribution in [3.05, 3.63) is 29.8 Å². The van der Waals surface area contributed by atoms with Crippen molar-refractivity contribution >= 4 is 5.90 Å². The molecule has 0 saturated carbocycles. The number of rotatable bonds is 12. The summed E-state index contributed by atoms with van der Waals surface area (Å²) in [5.41, 5.74) is -2.98. The Balaban J connectivity index is 1.82. The molecule has 2 fully saturated rings. The van der Waals surface area contributed by atoms with E-state index in [1.54, 1.807) is 38.3 Å². The lowest BCUT2D eigenvalue weighted by Crippen LogP contribution is -2.60. The first-order valence-corrected chi connectivity index (χ1v) is 12.7. The van der Waals surface area contributed by atoms with E-state index in [9.17, 15) is 15.8 Å². The first kappa shape index (κ1) is 26.5. The second-order valence-electron chi connectivity index (χ2n) is 9.83. The summed E-state index contributed by atoms with van der Waals surface area (Å²) in [7, 11) is 1.56. The molecule has 3 rings (SSSR count). The summed E-state index contributed by atoms with van der Waals surface area (Å²) in [6, 6.07) is 13.5. The summed E-state index contributed by atoms with van der Waals surface area (Å²) < 4.78 is 17.5. The van der Waals surface area contributed by atoms with E-state index in [0.717, 1.165) is 19.3 Å². The summed E-state index contributed by atoms with van der Waals surface area (Å²) in [5.74, 6) is -1.87. The molecule has 1 aromatic rings. The van der Waals surface area contributed by atoms with Crippen LogP contribution in [0.2, 0.25) is 0 Å². The van der Waals surface area contributed by atoms with E-state index in [0.29, 0.717) is 17.7 Å². The highest BCUT2D eigenvalue weighted by Gasteiger charge is 2.79. The third-order valence-electron chi connectivity index (χ3n) is 7.65. The second kappa shape index (κ2) is 11.1. The molecule has 4 atom stereocenters. The molecule has 2 heterocycles. The van der Waals surface area contributed by atoms with E-state index >= 15 is 0 Å². The number of ether oxygens (including phenoxy) is 3. The third kappa shape index (κ3) is 4.49. The van der Waals surface area contributed by atoms with Gasteiger partial charge in [-0.3, -0.25) is 5.41 Å². The van der Waals surface area contributed by atoms with Crippen LogP contribution in [0.1, 0.15) is 89.5 Å². The van der Waals surface area contributed by atoms with Gasteiger partial charge in [0.25, 0.3) is 0 Å². The molecule has 2 bridgehead atoms. The highest BCUT2D eigenvalue weighted by atomic mass is 16.7. The third-order valence-corrected chi connectivity index (χ3v) is 7.65. The Hall–Kier alpha value is -3.08. The summed E-state index contributed by atoms with van der Waals surface area (Å²) in [5, 5.41) is 39.8. The number of nitriles is 3. The van der Waals surface area contributed by atoms with Crippen LogP contribution in [-0.4, -0.2) is 24.9 Å². The Morgan fingerprint density at radius 2 is 1.49 bits per heavy atom. The number of methoxy groups -OCH3 is 1. The monoisotopic (exact) mass is 476 g/mol. The number of hydrogen-bond donors (Lipinski definition) is 1. The van der Waals surface area contributed by atoms with Gasteiger partial charge in [-0.25, -0.2) is 0 Å². The molecule has 2 saturated heterocycles. The summed E-state index contributed by atoms with van der Waals surface area (Å²) >= 11 is 0. The molecule has 0 aliphatic carbocycles. The van der Waals surface area contributed by atoms with Gasteiger partial charge >= 0.3 is 0 Å². The minimum absolute atomic E-state index is 0.374. The van der Waals surface area contributed by atoms with Crippen LogP contribution in [0.4, 0.5) is 0 Å². The molecule has 0 spiro atoms. The first-order chi connectivity index (χ1) is 16.9. The lowest BCUT2D eigenvalue weighted by atomic mass is 9.52. The van der Waals surface area contributed by atoms with Gasteiger partial charge in [-0.1, -0.05) is 76.8 Å². The van der Waals surface area contributed by atoms with Gasteiger partial charge in [0.2, 0.25) is 11.7 Å². The normalized spacial score (nSPS) is 28.4. The van der Waals surface area contributed by atoms with Crippen molar-refractivity contribution in [1.82, 2.24) is 0 Å². The van der Waals surface area contributed by atoms with Crippen molar-refractivity contribution < 1.29 is 14.2 Å². The van der Waals surface area contributed by atoms with E-state index in [4.69, 9.17) is 19.6 Å². The maximum atomic E-state index is 10.5. The van der Waals surface area contributed by atoms with E-state index in [2.05, 4.69) is 25.1 Å². The molecule has 7 heteroatoms. The van der Waals surface area contributed by atoms with E-state index in [1.807, 2.05) is 0 Å². The van der Waals surface area contributed by atoms with Crippen LogP contribution in [0.3, 0.4) is 0 Å². The molecular weight excluding hydrogens is 440 g/mol. The quantitative estimate of drug-likeness (QED) is 0.350. The number of fused-ring (bicyclic) bond motifs is 2. The Morgan fingerprint density at radius 1 is 0.914 bits per heavy atom. The molecular formula is C28H36N4O3. The van der Waals surface area contributed by atoms with Gasteiger partial charge < -0.3 is 14.2 Å². The second-order valence-corrected chi connectivity index (χ2v) is 9.83. The zero-order chi connectivity index (χ0) is 25.5. The molecule has 0 radical (unpaired) electrons. The van der Waals surface area contributed by atoms with E-state index < -0.39 is 28.6 Å². The van der Waals surface area contributed by atoms with Gasteiger partial charge in [0.1, 0.15) is 5.75 Å². The predicted molar refractivity (Wildman–Crippen MR) is 131 cm³/mol. The molecule has 1 aromatic carbocycles. The fraction of sp³-hybridized carbons (Fsp3) is 0.643. The van der Waals surface area contributed by atoms with Crippen molar-refractivity contribution in [2.45, 2.75) is 95.9 Å². The smallest absolute Gasteiger partial charge is 0.218 e. The van der Waals surface area contributed by atoms with Crippen LogP contribution in [0.25, 0.3) is 0 Å². The molecule has 2 aliphatic rings. The fourth-order valence-corrected chi connectivity index (χ4v) is 5.80. The predicted octanol–water partition coefficient (Wildman–Crippen LogP) is 6.37. The lowest BCUT2D eigenvalue weighted by Gasteiger charge is -2.49. The standard InChI is InChI=1S/C28H36N4O3/c1-4-5-6-7-8-9-10-11-12-13-23-27(18-29,19-30)28(20-31)24(26(2,34-23)35-25(28)32)21-14-16-22(33-3)17-15-21/h14-17,23-24,32H,4-13H2,1-3H3. The Morgan fingerprint density at radius 3 is 2.00 bits per heavy atom. The van der Waals surface area contributed by atoms with Gasteiger partial charge in [0.15, 0.2) is 10.8 Å². The molecule has 186 valence electrons. The highest BCUT2D eigenvalue weighted by molar-refractivity contribution is 5.90. The number of nitrogens with zero attached hydrogens (tertiary/aromatic N) is 3. The molecule has 7 nitrogen and oxygen atoms in total. The molecule has 2 aliphatic heterocycles. The molecule has 1 N–H and O–H groups in total. The largest absolute Gasteiger partial charge is 0.497 e. The van der Waals surface area contributed by atoms with Crippen LogP contribution >= 0.6 is 0 Å². The minimum Gasteiger partial charge on any atom is -0.497 e. The average Bonchev–Trinajstić information content (AvgIpc) is 3.05. The fourth-order valence-electron chi connectivity index (χ4n) is 5.80. The summed E-state index contributed by atoms with van der Waals surface area (Å²) in [4.78, 5) is 0. The van der Waals surface area contributed by atoms with Crippen LogP contribution < -0.4 is 4.74 Å². The van der Waals surface area contributed by atoms with Crippen LogP contribution in [0.5, 0.6) is 5.75 Å². The average molecular weight is 477 g/mol. The zero-order valence-corrected chi connectivity index (χ0v) is 21.1. The van der Waals surface area contributed by atoms with Crippen molar-refractivity contribution in [2.75, 3.05) is 7.11 Å². The van der Waals surface area contributed by atoms with Gasteiger partial charge in [-0.15, -0.1) is 0 Å². The Labute approximate surface area is 209 Å². The maximum Gasteiger partial charge on any atom is 0.218 e. The van der Waals surface area contributed by atoms with Crippen molar-refractivity contribution in [2.24, 2.45) is 10.8 Å². The van der Waals surface area contributed by atoms with Crippen molar-refractivity contribution in [3.63, 3.8) is 0 Å². The first-order valence-electron chi connectivity index (χ1n) is 12.7. The van der Waals surface area contributed by atoms with Crippen molar-refractivity contribution in [3.8, 4) is 24.0 Å². The van der Waals surface area contributed by atoms with Gasteiger partial charge in [0, 0.05) is 6.92 Å². The Kier molecular flexibility index (Phi) is 8.42. The number of unbranched alkanes of at least 4 members (excludes halogenated alkanes) is 8. The van der Waals surface area contributed by atoms with E-state index in [1.165, 1.54) is 38.5 Å². The number of hydrogen-bond acceptors (Lipinski definition) is 7. The van der Waals surface area contributed by atoms with Crippen molar-refractivity contribution in [1.29, 1.82) is 21.2 Å². The molecule has 0 amide bonds. The van der Waals surface area contributed by atoms with Gasteiger partial charge in [-0.2, -0.15) is 15.8 Å². The van der Waals surface area contributed by atoms with Crippen LogP contribution in [-0.2, 0) is 9.47 Å². The SMILES string of the molecule is CCCCCCCCCCCC1OC2(C)OC(=N)C(C#N)(C2c2ccc(OC)cc2)C1(C#N)C#N. The van der Waals surface area contributed by atoms with Gasteiger partial charge in [-0.05, 0) is 24.1 Å². The highest BCUT2D eigenvalue weighted by Crippen LogP contribution is 2.66. The molecule has 4 unspecified atom stereocenters.